The van der Waals surface area contributed by atoms with Crippen molar-refractivity contribution in [2.24, 2.45) is 21.0 Å². The smallest absolute Gasteiger partial charge is 0.234 e. The lowest BCUT2D eigenvalue weighted by molar-refractivity contribution is 0.414. The summed E-state index contributed by atoms with van der Waals surface area (Å²) < 4.78 is 12.4. The predicted molar refractivity (Wildman–Crippen MR) is 119 cm³/mol. The largest absolute Gasteiger partial charge is 0.496 e. The van der Waals surface area contributed by atoms with E-state index in [4.69, 9.17) is 15.2 Å². The van der Waals surface area contributed by atoms with Gasteiger partial charge in [0.25, 0.3) is 0 Å². The van der Waals surface area contributed by atoms with E-state index >= 15 is 0 Å². The number of nitrogens with two attached hydrogens (primary N) is 1. The number of rotatable bonds is 6. The number of nitrogens with zero attached hydrogens (tertiary/aromatic N) is 3. The molecule has 144 valence electrons. The third-order valence-corrected chi connectivity index (χ3v) is 4.12. The fraction of sp³-hybridized carbons (Fsp3) is 0.118. The van der Waals surface area contributed by atoms with Gasteiger partial charge in [-0.25, -0.2) is 5.43 Å². The molecule has 0 radical (unpaired) electrons. The number of hydrazone groups is 1. The molecule has 0 aliphatic heterocycles. The van der Waals surface area contributed by atoms with Gasteiger partial charge in [0, 0.05) is 20.1 Å². The SMILES string of the molecule is COc1cc(Br)ccc1C=NN=C(N)NN=Cc1ccc(Br)cc1OC.Cl. The Morgan fingerprint density at radius 3 is 2.00 bits per heavy atom. The summed E-state index contributed by atoms with van der Waals surface area (Å²) in [6, 6.07) is 11.2. The maximum Gasteiger partial charge on any atom is 0.234 e. The van der Waals surface area contributed by atoms with E-state index in [0.29, 0.717) is 11.5 Å². The molecule has 0 amide bonds. The zero-order valence-electron chi connectivity index (χ0n) is 14.5. The van der Waals surface area contributed by atoms with Crippen LogP contribution in [0, 0.1) is 0 Å². The van der Waals surface area contributed by atoms with Gasteiger partial charge in [-0.3, -0.25) is 0 Å². The molecule has 0 spiro atoms. The molecule has 3 N–H and O–H groups in total. The topological polar surface area (TPSA) is 93.6 Å². The van der Waals surface area contributed by atoms with Crippen LogP contribution in [-0.4, -0.2) is 32.6 Å². The second-order valence-corrected chi connectivity index (χ2v) is 6.70. The van der Waals surface area contributed by atoms with Crippen molar-refractivity contribution in [3.63, 3.8) is 0 Å². The number of hydrogen-bond acceptors (Lipinski definition) is 5. The summed E-state index contributed by atoms with van der Waals surface area (Å²) in [5.74, 6) is 1.40. The predicted octanol–water partition coefficient (Wildman–Crippen LogP) is 3.92. The van der Waals surface area contributed by atoms with Crippen LogP contribution in [0.2, 0.25) is 0 Å². The first-order valence-corrected chi connectivity index (χ1v) is 8.94. The highest BCUT2D eigenvalue weighted by Crippen LogP contribution is 2.22. The average molecular weight is 520 g/mol. The van der Waals surface area contributed by atoms with Crippen LogP contribution in [0.3, 0.4) is 0 Å². The summed E-state index contributed by atoms with van der Waals surface area (Å²) in [5.41, 5.74) is 9.89. The number of methoxy groups -OCH3 is 2. The van der Waals surface area contributed by atoms with E-state index < -0.39 is 0 Å². The molecule has 10 heteroatoms. The number of guanidine groups is 1. The van der Waals surface area contributed by atoms with Gasteiger partial charge in [0.05, 0.1) is 26.6 Å². The highest BCUT2D eigenvalue weighted by Gasteiger charge is 2.01. The Morgan fingerprint density at radius 2 is 1.48 bits per heavy atom. The van der Waals surface area contributed by atoms with Gasteiger partial charge in [-0.05, 0) is 36.4 Å². The summed E-state index contributed by atoms with van der Waals surface area (Å²) in [6.07, 6.45) is 3.12. The lowest BCUT2D eigenvalue weighted by Gasteiger charge is -2.04. The van der Waals surface area contributed by atoms with Gasteiger partial charge in [0.15, 0.2) is 0 Å². The molecule has 0 bridgehead atoms. The third kappa shape index (κ3) is 7.20. The molecule has 0 heterocycles. The summed E-state index contributed by atoms with van der Waals surface area (Å²) in [7, 11) is 3.18. The minimum Gasteiger partial charge on any atom is -0.496 e. The Hall–Kier alpha value is -2.10. The molecule has 0 aliphatic rings. The Morgan fingerprint density at radius 1 is 0.963 bits per heavy atom. The van der Waals surface area contributed by atoms with Crippen LogP contribution in [0.25, 0.3) is 0 Å². The van der Waals surface area contributed by atoms with E-state index in [2.05, 4.69) is 52.6 Å². The van der Waals surface area contributed by atoms with Gasteiger partial charge in [0.1, 0.15) is 11.5 Å². The molecule has 2 rings (SSSR count). The van der Waals surface area contributed by atoms with Crippen molar-refractivity contribution < 1.29 is 9.47 Å². The van der Waals surface area contributed by atoms with Crippen molar-refractivity contribution in [1.82, 2.24) is 5.43 Å². The summed E-state index contributed by atoms with van der Waals surface area (Å²) in [5, 5.41) is 11.8. The molecule has 2 aromatic carbocycles. The number of hydrogen-bond donors (Lipinski definition) is 2. The van der Waals surface area contributed by atoms with E-state index in [-0.39, 0.29) is 18.4 Å². The zero-order chi connectivity index (χ0) is 18.9. The maximum atomic E-state index is 5.73. The minimum atomic E-state index is 0. The van der Waals surface area contributed by atoms with E-state index in [9.17, 15) is 0 Å². The van der Waals surface area contributed by atoms with Crippen molar-refractivity contribution in [1.29, 1.82) is 0 Å². The molecule has 7 nitrogen and oxygen atoms in total. The normalized spacial score (nSPS) is 11.5. The molecule has 0 aliphatic carbocycles. The summed E-state index contributed by atoms with van der Waals surface area (Å²) in [6.45, 7) is 0. The molecule has 2 aromatic rings. The molecule has 0 aromatic heterocycles. The van der Waals surface area contributed by atoms with Crippen molar-refractivity contribution in [2.75, 3.05) is 14.2 Å². The Balaban J connectivity index is 0.00000364. The number of nitrogens with one attached hydrogen (secondary N) is 1. The van der Waals surface area contributed by atoms with E-state index in [1.165, 1.54) is 0 Å². The zero-order valence-corrected chi connectivity index (χ0v) is 18.5. The standard InChI is InChI=1S/C17H17Br2N5O2.ClH/c1-25-15-7-13(18)5-3-11(15)9-21-23-17(20)24-22-10-12-4-6-14(19)8-16(12)26-2;/h3-10H,1-2H3,(H3,20,23,24);1H. The van der Waals surface area contributed by atoms with Crippen LogP contribution in [0.4, 0.5) is 0 Å². The monoisotopic (exact) mass is 517 g/mol. The van der Waals surface area contributed by atoms with E-state index in [0.717, 1.165) is 20.1 Å². The fourth-order valence-electron chi connectivity index (χ4n) is 1.93. The summed E-state index contributed by atoms with van der Waals surface area (Å²) >= 11 is 6.76. The first-order valence-electron chi connectivity index (χ1n) is 7.36. The van der Waals surface area contributed by atoms with Gasteiger partial charge in [-0.2, -0.15) is 10.2 Å². The minimum absolute atomic E-state index is 0. The maximum absolute atomic E-state index is 5.73. The first kappa shape index (κ1) is 22.9. The lowest BCUT2D eigenvalue weighted by Crippen LogP contribution is -2.26. The fourth-order valence-corrected chi connectivity index (χ4v) is 2.61. The molecule has 0 saturated carbocycles. The van der Waals surface area contributed by atoms with Crippen LogP contribution in [0.5, 0.6) is 11.5 Å². The third-order valence-electron chi connectivity index (χ3n) is 3.14. The number of ether oxygens (including phenoxy) is 2. The molecule has 0 unspecified atom stereocenters. The van der Waals surface area contributed by atoms with Gasteiger partial charge in [0.2, 0.25) is 5.96 Å². The quantitative estimate of drug-likeness (QED) is 0.344. The van der Waals surface area contributed by atoms with Crippen LogP contribution in [-0.2, 0) is 0 Å². The Labute approximate surface area is 180 Å². The van der Waals surface area contributed by atoms with Crippen LogP contribution >= 0.6 is 44.3 Å². The van der Waals surface area contributed by atoms with Crippen LogP contribution in [0.1, 0.15) is 11.1 Å². The van der Waals surface area contributed by atoms with Crippen LogP contribution < -0.4 is 20.6 Å². The average Bonchev–Trinajstić information content (AvgIpc) is 2.63. The lowest BCUT2D eigenvalue weighted by atomic mass is 10.2. The van der Waals surface area contributed by atoms with Crippen molar-refractivity contribution in [3.8, 4) is 11.5 Å². The van der Waals surface area contributed by atoms with Crippen molar-refractivity contribution in [3.05, 3.63) is 56.5 Å². The Kier molecular flexibility index (Phi) is 9.84. The van der Waals surface area contributed by atoms with Crippen molar-refractivity contribution >= 4 is 62.7 Å². The first-order chi connectivity index (χ1) is 12.5. The van der Waals surface area contributed by atoms with E-state index in [1.807, 2.05) is 36.4 Å². The van der Waals surface area contributed by atoms with Gasteiger partial charge in [-0.1, -0.05) is 31.9 Å². The highest BCUT2D eigenvalue weighted by atomic mass is 79.9. The molecule has 0 atom stereocenters. The molecule has 0 saturated heterocycles. The number of halogens is 3. The number of benzene rings is 2. The molecular formula is C17H18Br2ClN5O2. The Bertz CT molecular complexity index is 859. The van der Waals surface area contributed by atoms with Crippen molar-refractivity contribution in [2.45, 2.75) is 0 Å². The van der Waals surface area contributed by atoms with Gasteiger partial charge in [-0.15, -0.1) is 17.5 Å². The molecule has 0 fully saturated rings. The van der Waals surface area contributed by atoms with Crippen LogP contribution in [0.15, 0.2) is 60.6 Å². The molecule has 27 heavy (non-hydrogen) atoms. The second kappa shape index (κ2) is 11.6. The molecular weight excluding hydrogens is 501 g/mol. The second-order valence-electron chi connectivity index (χ2n) is 4.87. The van der Waals surface area contributed by atoms with Gasteiger partial charge < -0.3 is 15.2 Å². The van der Waals surface area contributed by atoms with E-state index in [1.54, 1.807) is 26.6 Å². The summed E-state index contributed by atoms with van der Waals surface area (Å²) in [4.78, 5) is 0. The van der Waals surface area contributed by atoms with Gasteiger partial charge >= 0.3 is 0 Å². The highest BCUT2D eigenvalue weighted by molar-refractivity contribution is 9.10.